The highest BCUT2D eigenvalue weighted by Gasteiger charge is 2.10. The molecule has 0 heterocycles. The van der Waals surface area contributed by atoms with E-state index in [1.54, 1.807) is 14.2 Å². The van der Waals surface area contributed by atoms with Crippen molar-refractivity contribution < 1.29 is 9.47 Å². The maximum Gasteiger partial charge on any atom is 0.0603 e. The summed E-state index contributed by atoms with van der Waals surface area (Å²) in [6, 6.07) is 0. The molecule has 4 heteroatoms. The lowest BCUT2D eigenvalue weighted by Crippen LogP contribution is -2.45. The Bertz CT molecular complexity index is 111. The van der Waals surface area contributed by atoms with Crippen LogP contribution < -0.4 is 0 Å². The van der Waals surface area contributed by atoms with E-state index >= 15 is 0 Å². The first-order valence-corrected chi connectivity index (χ1v) is 5.27. The summed E-state index contributed by atoms with van der Waals surface area (Å²) in [5, 5.41) is 4.59. The van der Waals surface area contributed by atoms with Crippen LogP contribution in [0.1, 0.15) is 13.8 Å². The van der Waals surface area contributed by atoms with Crippen LogP contribution in [0.5, 0.6) is 0 Å². The Kier molecular flexibility index (Phi) is 9.29. The molecule has 0 amide bonds. The standard InChI is InChI=1S/C10H24N2O2/c1-5-11(6-2)12(7-9-13-3)8-10-14-4/h5-10H2,1-4H3. The second-order valence-electron chi connectivity index (χ2n) is 3.08. The highest BCUT2D eigenvalue weighted by Crippen LogP contribution is 1.97. The molecule has 4 nitrogen and oxygen atoms in total. The number of hydrogen-bond donors (Lipinski definition) is 0. The van der Waals surface area contributed by atoms with E-state index in [0.717, 1.165) is 39.4 Å². The van der Waals surface area contributed by atoms with Gasteiger partial charge in [-0.3, -0.25) is 0 Å². The first kappa shape index (κ1) is 13.8. The van der Waals surface area contributed by atoms with Gasteiger partial charge in [-0.15, -0.1) is 0 Å². The van der Waals surface area contributed by atoms with Gasteiger partial charge in [0.1, 0.15) is 0 Å². The Morgan fingerprint density at radius 3 is 1.50 bits per heavy atom. The summed E-state index contributed by atoms with van der Waals surface area (Å²) in [6.45, 7) is 9.78. The molecule has 0 unspecified atom stereocenters. The summed E-state index contributed by atoms with van der Waals surface area (Å²) in [6.07, 6.45) is 0. The minimum Gasteiger partial charge on any atom is -0.383 e. The van der Waals surface area contributed by atoms with Crippen LogP contribution in [0.4, 0.5) is 0 Å². The Hall–Kier alpha value is -0.160. The summed E-state index contributed by atoms with van der Waals surface area (Å²) in [4.78, 5) is 0. The zero-order valence-electron chi connectivity index (χ0n) is 9.95. The normalized spacial score (nSPS) is 11.6. The van der Waals surface area contributed by atoms with E-state index in [-0.39, 0.29) is 0 Å². The Labute approximate surface area is 87.7 Å². The SMILES string of the molecule is CCN(CC)N(CCOC)CCOC. The van der Waals surface area contributed by atoms with E-state index in [1.807, 2.05) is 0 Å². The van der Waals surface area contributed by atoms with Gasteiger partial charge in [0.05, 0.1) is 13.2 Å². The predicted molar refractivity (Wildman–Crippen MR) is 58.2 cm³/mol. The van der Waals surface area contributed by atoms with E-state index in [9.17, 15) is 0 Å². The summed E-state index contributed by atoms with van der Waals surface area (Å²) >= 11 is 0. The number of hydrazine groups is 1. The van der Waals surface area contributed by atoms with Crippen molar-refractivity contribution in [2.75, 3.05) is 53.6 Å². The smallest absolute Gasteiger partial charge is 0.0603 e. The van der Waals surface area contributed by atoms with Crippen molar-refractivity contribution in [3.63, 3.8) is 0 Å². The van der Waals surface area contributed by atoms with Gasteiger partial charge < -0.3 is 9.47 Å². The lowest BCUT2D eigenvalue weighted by atomic mass is 10.5. The number of nitrogens with zero attached hydrogens (tertiary/aromatic N) is 2. The van der Waals surface area contributed by atoms with Gasteiger partial charge in [0.15, 0.2) is 0 Å². The van der Waals surface area contributed by atoms with Crippen molar-refractivity contribution in [2.24, 2.45) is 0 Å². The maximum absolute atomic E-state index is 5.08. The van der Waals surface area contributed by atoms with Crippen LogP contribution in [-0.4, -0.2) is 63.6 Å². The van der Waals surface area contributed by atoms with Crippen molar-refractivity contribution in [1.29, 1.82) is 0 Å². The number of hydrogen-bond acceptors (Lipinski definition) is 4. The van der Waals surface area contributed by atoms with Crippen LogP contribution in [0.3, 0.4) is 0 Å². The van der Waals surface area contributed by atoms with Crippen molar-refractivity contribution in [1.82, 2.24) is 10.0 Å². The number of methoxy groups -OCH3 is 2. The maximum atomic E-state index is 5.08. The fourth-order valence-electron chi connectivity index (χ4n) is 1.41. The van der Waals surface area contributed by atoms with Gasteiger partial charge in [0.25, 0.3) is 0 Å². The largest absolute Gasteiger partial charge is 0.383 e. The van der Waals surface area contributed by atoms with Crippen LogP contribution in [0.15, 0.2) is 0 Å². The molecule has 0 saturated carbocycles. The molecule has 0 aliphatic carbocycles. The number of rotatable bonds is 9. The van der Waals surface area contributed by atoms with Crippen molar-refractivity contribution in [3.05, 3.63) is 0 Å². The van der Waals surface area contributed by atoms with Gasteiger partial charge in [0.2, 0.25) is 0 Å². The van der Waals surface area contributed by atoms with Gasteiger partial charge in [-0.25, -0.2) is 10.0 Å². The Morgan fingerprint density at radius 2 is 1.21 bits per heavy atom. The summed E-state index contributed by atoms with van der Waals surface area (Å²) in [5.74, 6) is 0. The third kappa shape index (κ3) is 5.54. The molecule has 0 rings (SSSR count). The fraction of sp³-hybridized carbons (Fsp3) is 1.00. The summed E-state index contributed by atoms with van der Waals surface area (Å²) in [7, 11) is 3.47. The van der Waals surface area contributed by atoms with E-state index in [4.69, 9.17) is 9.47 Å². The molecule has 0 saturated heterocycles. The van der Waals surface area contributed by atoms with Gasteiger partial charge in [-0.05, 0) is 0 Å². The van der Waals surface area contributed by atoms with Gasteiger partial charge in [0, 0.05) is 40.4 Å². The van der Waals surface area contributed by atoms with Gasteiger partial charge in [-0.1, -0.05) is 13.8 Å². The number of ether oxygens (including phenoxy) is 2. The Morgan fingerprint density at radius 1 is 0.786 bits per heavy atom. The molecule has 0 radical (unpaired) electrons. The van der Waals surface area contributed by atoms with Gasteiger partial charge >= 0.3 is 0 Å². The average molecular weight is 204 g/mol. The third-order valence-corrected chi connectivity index (χ3v) is 2.24. The summed E-state index contributed by atoms with van der Waals surface area (Å²) in [5.41, 5.74) is 0. The highest BCUT2D eigenvalue weighted by molar-refractivity contribution is 4.55. The molecule has 0 aromatic heterocycles. The molecule has 0 fully saturated rings. The third-order valence-electron chi connectivity index (χ3n) is 2.24. The molecule has 0 aliphatic heterocycles. The van der Waals surface area contributed by atoms with E-state index in [2.05, 4.69) is 23.9 Å². The molecule has 0 N–H and O–H groups in total. The van der Waals surface area contributed by atoms with Crippen LogP contribution >= 0.6 is 0 Å². The van der Waals surface area contributed by atoms with E-state index < -0.39 is 0 Å². The highest BCUT2D eigenvalue weighted by atomic mass is 16.5. The second-order valence-corrected chi connectivity index (χ2v) is 3.08. The molecule has 0 aliphatic rings. The van der Waals surface area contributed by atoms with Crippen LogP contribution in [0, 0.1) is 0 Å². The average Bonchev–Trinajstić information content (AvgIpc) is 2.22. The predicted octanol–water partition coefficient (Wildman–Crippen LogP) is 0.838. The molecule has 0 aromatic rings. The van der Waals surface area contributed by atoms with E-state index in [0.29, 0.717) is 0 Å². The molecule has 86 valence electrons. The van der Waals surface area contributed by atoms with Crippen LogP contribution in [0.25, 0.3) is 0 Å². The second kappa shape index (κ2) is 9.40. The quantitative estimate of drug-likeness (QED) is 0.520. The molecule has 0 atom stereocenters. The fourth-order valence-corrected chi connectivity index (χ4v) is 1.41. The zero-order chi connectivity index (χ0) is 10.8. The topological polar surface area (TPSA) is 24.9 Å². The van der Waals surface area contributed by atoms with Crippen molar-refractivity contribution >= 4 is 0 Å². The lowest BCUT2D eigenvalue weighted by molar-refractivity contribution is -0.0450. The zero-order valence-corrected chi connectivity index (χ0v) is 9.95. The Balaban J connectivity index is 3.92. The summed E-state index contributed by atoms with van der Waals surface area (Å²) < 4.78 is 10.2. The minimum atomic E-state index is 0.764. The molecule has 14 heavy (non-hydrogen) atoms. The molecular formula is C10H24N2O2. The molecule has 0 bridgehead atoms. The first-order chi connectivity index (χ1) is 6.79. The van der Waals surface area contributed by atoms with Crippen molar-refractivity contribution in [3.8, 4) is 0 Å². The first-order valence-electron chi connectivity index (χ1n) is 5.27. The molecule has 0 spiro atoms. The van der Waals surface area contributed by atoms with Crippen LogP contribution in [-0.2, 0) is 9.47 Å². The lowest BCUT2D eigenvalue weighted by Gasteiger charge is -2.33. The van der Waals surface area contributed by atoms with E-state index in [1.165, 1.54) is 0 Å². The van der Waals surface area contributed by atoms with Gasteiger partial charge in [-0.2, -0.15) is 0 Å². The molecule has 0 aromatic carbocycles. The monoisotopic (exact) mass is 204 g/mol. The van der Waals surface area contributed by atoms with Crippen LogP contribution in [0.2, 0.25) is 0 Å². The molecular weight excluding hydrogens is 180 g/mol. The minimum absolute atomic E-state index is 0.764. The van der Waals surface area contributed by atoms with Crippen molar-refractivity contribution in [2.45, 2.75) is 13.8 Å².